The van der Waals surface area contributed by atoms with Gasteiger partial charge in [-0.25, -0.2) is 13.2 Å². The number of benzene rings is 2. The van der Waals surface area contributed by atoms with E-state index in [9.17, 15) is 18.0 Å². The predicted octanol–water partition coefficient (Wildman–Crippen LogP) is 3.78. The summed E-state index contributed by atoms with van der Waals surface area (Å²) in [5.41, 5.74) is 1.12. The molecule has 2 aromatic carbocycles. The van der Waals surface area contributed by atoms with Crippen molar-refractivity contribution >= 4 is 27.6 Å². The first-order valence-electron chi connectivity index (χ1n) is 10.4. The monoisotopic (exact) mass is 444 g/mol. The van der Waals surface area contributed by atoms with Crippen molar-refractivity contribution in [1.82, 2.24) is 4.31 Å². The van der Waals surface area contributed by atoms with E-state index in [4.69, 9.17) is 4.74 Å². The quantitative estimate of drug-likeness (QED) is 0.685. The van der Waals surface area contributed by atoms with Crippen molar-refractivity contribution in [3.63, 3.8) is 0 Å². The molecule has 1 saturated heterocycles. The molecule has 1 fully saturated rings. The molecule has 166 valence electrons. The highest BCUT2D eigenvalue weighted by Crippen LogP contribution is 2.27. The van der Waals surface area contributed by atoms with Gasteiger partial charge in [0, 0.05) is 24.3 Å². The Morgan fingerprint density at radius 2 is 1.68 bits per heavy atom. The van der Waals surface area contributed by atoms with Gasteiger partial charge in [0.2, 0.25) is 10.0 Å². The van der Waals surface area contributed by atoms with Crippen molar-refractivity contribution in [3.8, 4) is 0 Å². The summed E-state index contributed by atoms with van der Waals surface area (Å²) in [6.45, 7) is 7.08. The number of nitrogens with one attached hydrogen (secondary N) is 1. The Kier molecular flexibility index (Phi) is 7.12. The Hall–Kier alpha value is -2.71. The zero-order valence-electron chi connectivity index (χ0n) is 18.0. The topological polar surface area (TPSA) is 92.8 Å². The van der Waals surface area contributed by atoms with Crippen LogP contribution >= 0.6 is 0 Å². The van der Waals surface area contributed by atoms with Crippen LogP contribution in [0.5, 0.6) is 0 Å². The van der Waals surface area contributed by atoms with Crippen molar-refractivity contribution in [2.45, 2.75) is 32.1 Å². The molecule has 3 rings (SSSR count). The first-order chi connectivity index (χ1) is 14.7. The van der Waals surface area contributed by atoms with E-state index < -0.39 is 21.9 Å². The lowest BCUT2D eigenvalue weighted by Gasteiger charge is -2.34. The van der Waals surface area contributed by atoms with Gasteiger partial charge in [-0.15, -0.1) is 0 Å². The molecule has 1 N–H and O–H groups in total. The summed E-state index contributed by atoms with van der Waals surface area (Å²) >= 11 is 0. The molecule has 2 atom stereocenters. The number of sulfonamides is 1. The van der Waals surface area contributed by atoms with Crippen LogP contribution in [0, 0.1) is 11.8 Å². The number of nitrogens with zero attached hydrogens (tertiary/aromatic N) is 1. The van der Waals surface area contributed by atoms with E-state index in [1.54, 1.807) is 43.3 Å². The number of carbonyl (C=O) groups excluding carboxylic acids is 2. The number of hydrogen-bond acceptors (Lipinski definition) is 5. The maximum Gasteiger partial charge on any atom is 0.338 e. The summed E-state index contributed by atoms with van der Waals surface area (Å²) in [5, 5.41) is 2.73. The largest absolute Gasteiger partial charge is 0.462 e. The van der Waals surface area contributed by atoms with Gasteiger partial charge in [-0.05, 0) is 67.6 Å². The number of rotatable bonds is 6. The highest BCUT2D eigenvalue weighted by atomic mass is 32.2. The predicted molar refractivity (Wildman–Crippen MR) is 118 cm³/mol. The molecule has 0 radical (unpaired) electrons. The highest BCUT2D eigenvalue weighted by molar-refractivity contribution is 7.89. The molecule has 2 aromatic rings. The van der Waals surface area contributed by atoms with E-state index in [1.165, 1.54) is 16.4 Å². The zero-order valence-corrected chi connectivity index (χ0v) is 18.8. The van der Waals surface area contributed by atoms with Gasteiger partial charge in [-0.3, -0.25) is 4.79 Å². The van der Waals surface area contributed by atoms with Crippen LogP contribution in [0.4, 0.5) is 5.69 Å². The minimum Gasteiger partial charge on any atom is -0.462 e. The van der Waals surface area contributed by atoms with Crippen LogP contribution < -0.4 is 5.32 Å². The second-order valence-electron chi connectivity index (χ2n) is 8.05. The van der Waals surface area contributed by atoms with Gasteiger partial charge in [0.05, 0.1) is 17.1 Å². The molecule has 2 unspecified atom stereocenters. The number of anilines is 1. The van der Waals surface area contributed by atoms with Gasteiger partial charge < -0.3 is 10.1 Å². The molecule has 0 aromatic heterocycles. The normalized spacial score (nSPS) is 19.6. The van der Waals surface area contributed by atoms with Crippen molar-refractivity contribution < 1.29 is 22.7 Å². The van der Waals surface area contributed by atoms with Crippen LogP contribution in [-0.2, 0) is 14.8 Å². The third kappa shape index (κ3) is 5.51. The molecule has 0 spiro atoms. The Labute approximate surface area is 183 Å². The van der Waals surface area contributed by atoms with Crippen molar-refractivity contribution in [2.24, 2.45) is 11.8 Å². The second-order valence-corrected chi connectivity index (χ2v) is 9.99. The van der Waals surface area contributed by atoms with Crippen molar-refractivity contribution in [1.29, 1.82) is 0 Å². The summed E-state index contributed by atoms with van der Waals surface area (Å²) in [6.07, 6.45) is 1.00. The molecule has 0 bridgehead atoms. The van der Waals surface area contributed by atoms with Crippen LogP contribution in [0.3, 0.4) is 0 Å². The van der Waals surface area contributed by atoms with Gasteiger partial charge >= 0.3 is 5.97 Å². The molecule has 1 aliphatic heterocycles. The second kappa shape index (κ2) is 9.62. The number of amides is 1. The zero-order chi connectivity index (χ0) is 22.6. The van der Waals surface area contributed by atoms with Crippen LogP contribution in [0.25, 0.3) is 0 Å². The Balaban J connectivity index is 1.75. The fraction of sp³-hybridized carbons (Fsp3) is 0.391. The fourth-order valence-corrected chi connectivity index (χ4v) is 5.58. The summed E-state index contributed by atoms with van der Waals surface area (Å²) in [5.74, 6) is -0.272. The average Bonchev–Trinajstić information content (AvgIpc) is 2.74. The lowest BCUT2D eigenvalue weighted by Crippen LogP contribution is -2.42. The average molecular weight is 445 g/mol. The van der Waals surface area contributed by atoms with Gasteiger partial charge in [-0.1, -0.05) is 19.9 Å². The van der Waals surface area contributed by atoms with E-state index >= 15 is 0 Å². The molecule has 0 saturated carbocycles. The minimum atomic E-state index is -3.68. The Bertz CT molecular complexity index is 1040. The third-order valence-electron chi connectivity index (χ3n) is 5.22. The van der Waals surface area contributed by atoms with E-state index in [1.807, 2.05) is 0 Å². The third-order valence-corrected chi connectivity index (χ3v) is 7.05. The summed E-state index contributed by atoms with van der Waals surface area (Å²) in [4.78, 5) is 24.5. The van der Waals surface area contributed by atoms with E-state index in [0.29, 0.717) is 36.2 Å². The lowest BCUT2D eigenvalue weighted by molar-refractivity contribution is 0.0526. The molecule has 0 aliphatic carbocycles. The first-order valence-corrected chi connectivity index (χ1v) is 11.8. The maximum atomic E-state index is 13.1. The molecule has 1 aliphatic rings. The van der Waals surface area contributed by atoms with E-state index in [0.717, 1.165) is 6.42 Å². The molecule has 1 amide bonds. The van der Waals surface area contributed by atoms with Crippen molar-refractivity contribution in [2.75, 3.05) is 25.0 Å². The Morgan fingerprint density at radius 1 is 1.03 bits per heavy atom. The van der Waals surface area contributed by atoms with Crippen LogP contribution in [0.15, 0.2) is 53.4 Å². The molecular formula is C23H28N2O5S. The smallest absolute Gasteiger partial charge is 0.338 e. The minimum absolute atomic E-state index is 0.110. The van der Waals surface area contributed by atoms with Gasteiger partial charge in [0.25, 0.3) is 5.91 Å². The number of carbonyl (C=O) groups is 2. The van der Waals surface area contributed by atoms with Gasteiger partial charge in [0.15, 0.2) is 0 Å². The SMILES string of the molecule is CCOC(=O)c1ccc(NC(=O)c2cccc(S(=O)(=O)N3CC(C)CC(C)C3)c2)cc1. The molecule has 7 nitrogen and oxygen atoms in total. The van der Waals surface area contributed by atoms with Crippen LogP contribution in [-0.4, -0.2) is 44.3 Å². The standard InChI is InChI=1S/C23H28N2O5S/c1-4-30-23(27)18-8-10-20(11-9-18)24-22(26)19-6-5-7-21(13-19)31(28,29)25-14-16(2)12-17(3)15-25/h5-11,13,16-17H,4,12,14-15H2,1-3H3,(H,24,26). The lowest BCUT2D eigenvalue weighted by atomic mass is 9.94. The number of hydrogen-bond donors (Lipinski definition) is 1. The van der Waals surface area contributed by atoms with Crippen molar-refractivity contribution in [3.05, 3.63) is 59.7 Å². The Morgan fingerprint density at radius 3 is 2.29 bits per heavy atom. The highest BCUT2D eigenvalue weighted by Gasteiger charge is 2.32. The maximum absolute atomic E-state index is 13.1. The summed E-state index contributed by atoms with van der Waals surface area (Å²) in [6, 6.07) is 12.4. The van der Waals surface area contributed by atoms with Crippen LogP contribution in [0.2, 0.25) is 0 Å². The van der Waals surface area contributed by atoms with E-state index in [2.05, 4.69) is 19.2 Å². The van der Waals surface area contributed by atoms with Gasteiger partial charge in [0.1, 0.15) is 0 Å². The molecule has 1 heterocycles. The number of ether oxygens (including phenoxy) is 1. The fourth-order valence-electron chi connectivity index (χ4n) is 3.86. The van der Waals surface area contributed by atoms with Crippen LogP contribution in [0.1, 0.15) is 47.9 Å². The molecular weight excluding hydrogens is 416 g/mol. The number of esters is 1. The van der Waals surface area contributed by atoms with E-state index in [-0.39, 0.29) is 17.1 Å². The summed E-state index contributed by atoms with van der Waals surface area (Å²) in [7, 11) is -3.68. The number of piperidine rings is 1. The summed E-state index contributed by atoms with van der Waals surface area (Å²) < 4.78 is 32.7. The molecule has 31 heavy (non-hydrogen) atoms. The van der Waals surface area contributed by atoms with Gasteiger partial charge in [-0.2, -0.15) is 4.31 Å². The first kappa shape index (κ1) is 23.0. The molecule has 8 heteroatoms.